The van der Waals surface area contributed by atoms with Gasteiger partial charge in [0.25, 0.3) is 5.91 Å². The lowest BCUT2D eigenvalue weighted by atomic mass is 10.1. The first-order valence-electron chi connectivity index (χ1n) is 10.0. The summed E-state index contributed by atoms with van der Waals surface area (Å²) in [4.78, 5) is 13.9. The third-order valence-corrected chi connectivity index (χ3v) is 5.20. The van der Waals surface area contributed by atoms with E-state index in [1.54, 1.807) is 22.3 Å². The van der Waals surface area contributed by atoms with E-state index in [-0.39, 0.29) is 0 Å². The fourth-order valence-corrected chi connectivity index (χ4v) is 3.51. The molecule has 1 fully saturated rings. The molecule has 0 spiro atoms. The summed E-state index contributed by atoms with van der Waals surface area (Å²) in [6, 6.07) is 8.44. The maximum atomic E-state index is 11.5. The van der Waals surface area contributed by atoms with Crippen LogP contribution < -0.4 is 5.48 Å². The Morgan fingerprint density at radius 3 is 2.67 bits per heavy atom. The number of nitrogens with one attached hydrogen (secondary N) is 1. The van der Waals surface area contributed by atoms with Gasteiger partial charge in [-0.3, -0.25) is 14.9 Å². The average Bonchev–Trinajstić information content (AvgIpc) is 3.12. The van der Waals surface area contributed by atoms with E-state index in [4.69, 9.17) is 9.94 Å². The monoisotopic (exact) mass is 407 g/mol. The maximum Gasteiger partial charge on any atom is 0.274 e. The molecule has 156 valence electrons. The lowest BCUT2D eigenvalue weighted by Gasteiger charge is -2.26. The number of hydrogen-bond acceptors (Lipinski definition) is 6. The van der Waals surface area contributed by atoms with E-state index in [1.807, 2.05) is 18.3 Å². The summed E-state index contributed by atoms with van der Waals surface area (Å²) in [5.41, 5.74) is 6.23. The van der Waals surface area contributed by atoms with E-state index in [1.165, 1.54) is 5.56 Å². The molecular weight excluding hydrogens is 382 g/mol. The smallest absolute Gasteiger partial charge is 0.274 e. The maximum absolute atomic E-state index is 11.5. The number of ether oxygens (including phenoxy) is 1. The van der Waals surface area contributed by atoms with Gasteiger partial charge in [0, 0.05) is 30.8 Å². The molecule has 0 unspecified atom stereocenters. The topological polar surface area (TPSA) is 92.5 Å². The SMILES string of the molecule is O=C(NO)C1=CCC=C(Cn2cc(-c3ccc(CN4CCOCC4)cc3)nn2)C=C1. The highest BCUT2D eigenvalue weighted by Crippen LogP contribution is 2.19. The summed E-state index contributed by atoms with van der Waals surface area (Å²) in [5.74, 6) is -0.513. The van der Waals surface area contributed by atoms with Gasteiger partial charge >= 0.3 is 0 Å². The average molecular weight is 407 g/mol. The second-order valence-electron chi connectivity index (χ2n) is 7.34. The van der Waals surface area contributed by atoms with Gasteiger partial charge in [0.15, 0.2) is 0 Å². The summed E-state index contributed by atoms with van der Waals surface area (Å²) in [6.45, 7) is 5.05. The Morgan fingerprint density at radius 1 is 1.10 bits per heavy atom. The number of hydroxylamine groups is 1. The van der Waals surface area contributed by atoms with E-state index in [0.29, 0.717) is 18.5 Å². The molecule has 8 nitrogen and oxygen atoms in total. The lowest BCUT2D eigenvalue weighted by Crippen LogP contribution is -2.35. The first kappa shape index (κ1) is 20.2. The molecule has 0 atom stereocenters. The van der Waals surface area contributed by atoms with Crippen LogP contribution in [0.15, 0.2) is 65.9 Å². The molecule has 1 amide bonds. The van der Waals surface area contributed by atoms with Crippen molar-refractivity contribution in [2.75, 3.05) is 26.3 Å². The molecule has 2 aromatic rings. The van der Waals surface area contributed by atoms with Crippen molar-refractivity contribution in [2.24, 2.45) is 0 Å². The van der Waals surface area contributed by atoms with Crippen molar-refractivity contribution in [2.45, 2.75) is 19.5 Å². The van der Waals surface area contributed by atoms with Crippen LogP contribution in [0.4, 0.5) is 0 Å². The van der Waals surface area contributed by atoms with E-state index >= 15 is 0 Å². The standard InChI is InChI=1S/C22H25N5O3/c28-22(24-29)20-3-1-2-17(6-9-20)15-27-16-21(23-25-27)19-7-4-18(5-8-19)14-26-10-12-30-13-11-26/h2-9,16,29H,1,10-15H2,(H,24,28). The first-order valence-corrected chi connectivity index (χ1v) is 10.0. The van der Waals surface area contributed by atoms with Gasteiger partial charge in [-0.1, -0.05) is 47.7 Å². The van der Waals surface area contributed by atoms with Crippen LogP contribution >= 0.6 is 0 Å². The van der Waals surface area contributed by atoms with Crippen LogP contribution in [0, 0.1) is 0 Å². The molecule has 4 rings (SSSR count). The van der Waals surface area contributed by atoms with Gasteiger partial charge in [-0.2, -0.15) is 0 Å². The number of amides is 1. The van der Waals surface area contributed by atoms with Crippen molar-refractivity contribution in [1.29, 1.82) is 0 Å². The fourth-order valence-electron chi connectivity index (χ4n) is 3.51. The summed E-state index contributed by atoms with van der Waals surface area (Å²) < 4.78 is 7.18. The quantitative estimate of drug-likeness (QED) is 0.563. The van der Waals surface area contributed by atoms with Crippen LogP contribution in [0.2, 0.25) is 0 Å². The second kappa shape index (κ2) is 9.62. The Labute approximate surface area is 175 Å². The van der Waals surface area contributed by atoms with E-state index < -0.39 is 5.91 Å². The van der Waals surface area contributed by atoms with Gasteiger partial charge in [0.05, 0.1) is 26.0 Å². The molecule has 30 heavy (non-hydrogen) atoms. The summed E-state index contributed by atoms with van der Waals surface area (Å²) in [5, 5.41) is 17.3. The highest BCUT2D eigenvalue weighted by molar-refractivity contribution is 5.95. The highest BCUT2D eigenvalue weighted by Gasteiger charge is 2.12. The van der Waals surface area contributed by atoms with Crippen LogP contribution in [0.5, 0.6) is 0 Å². The number of morpholine rings is 1. The van der Waals surface area contributed by atoms with E-state index in [2.05, 4.69) is 39.5 Å². The van der Waals surface area contributed by atoms with Gasteiger partial charge < -0.3 is 4.74 Å². The van der Waals surface area contributed by atoms with Crippen molar-refractivity contribution in [3.8, 4) is 11.3 Å². The third-order valence-electron chi connectivity index (χ3n) is 5.20. The number of allylic oxidation sites excluding steroid dienone is 4. The summed E-state index contributed by atoms with van der Waals surface area (Å²) in [7, 11) is 0. The molecule has 1 aliphatic carbocycles. The molecule has 1 aliphatic heterocycles. The minimum atomic E-state index is -0.513. The molecule has 0 radical (unpaired) electrons. The van der Waals surface area contributed by atoms with Crippen molar-refractivity contribution >= 4 is 5.91 Å². The second-order valence-corrected chi connectivity index (χ2v) is 7.34. The molecule has 2 aliphatic rings. The molecule has 1 aromatic carbocycles. The van der Waals surface area contributed by atoms with Gasteiger partial charge in [0.2, 0.25) is 0 Å². The normalized spacial score (nSPS) is 17.2. The van der Waals surface area contributed by atoms with Gasteiger partial charge in [-0.15, -0.1) is 5.10 Å². The molecule has 2 heterocycles. The van der Waals surface area contributed by atoms with Crippen molar-refractivity contribution in [3.05, 3.63) is 71.5 Å². The van der Waals surface area contributed by atoms with E-state index in [0.717, 1.165) is 49.7 Å². The van der Waals surface area contributed by atoms with Crippen molar-refractivity contribution < 1.29 is 14.7 Å². The molecule has 0 bridgehead atoms. The Morgan fingerprint density at radius 2 is 1.90 bits per heavy atom. The van der Waals surface area contributed by atoms with Crippen LogP contribution in [-0.2, 0) is 22.6 Å². The molecular formula is C22H25N5O3. The van der Waals surface area contributed by atoms with Crippen molar-refractivity contribution in [1.82, 2.24) is 25.4 Å². The Balaban J connectivity index is 1.37. The number of nitrogens with zero attached hydrogens (tertiary/aromatic N) is 4. The zero-order valence-corrected chi connectivity index (χ0v) is 16.7. The van der Waals surface area contributed by atoms with E-state index in [9.17, 15) is 4.79 Å². The molecule has 0 saturated carbocycles. The third kappa shape index (κ3) is 5.10. The molecule has 8 heteroatoms. The predicted octanol–water partition coefficient (Wildman–Crippen LogP) is 2.10. The molecule has 2 N–H and O–H groups in total. The fraction of sp³-hybridized carbons (Fsp3) is 0.318. The van der Waals surface area contributed by atoms with Gasteiger partial charge in [0.1, 0.15) is 5.69 Å². The van der Waals surface area contributed by atoms with Gasteiger partial charge in [-0.25, -0.2) is 10.2 Å². The minimum absolute atomic E-state index is 0.431. The van der Waals surface area contributed by atoms with Gasteiger partial charge in [-0.05, 0) is 23.6 Å². The van der Waals surface area contributed by atoms with Crippen molar-refractivity contribution in [3.63, 3.8) is 0 Å². The zero-order chi connectivity index (χ0) is 20.8. The largest absolute Gasteiger partial charge is 0.379 e. The van der Waals surface area contributed by atoms with Crippen LogP contribution in [-0.4, -0.2) is 57.3 Å². The lowest BCUT2D eigenvalue weighted by molar-refractivity contribution is -0.124. The summed E-state index contributed by atoms with van der Waals surface area (Å²) in [6.07, 6.45) is 9.87. The first-order chi connectivity index (χ1) is 14.7. The number of carbonyl (C=O) groups excluding carboxylic acids is 1. The van der Waals surface area contributed by atoms with Crippen LogP contribution in [0.3, 0.4) is 0 Å². The van der Waals surface area contributed by atoms with Crippen LogP contribution in [0.1, 0.15) is 12.0 Å². The Bertz CT molecular complexity index is 969. The number of aromatic nitrogens is 3. The number of hydrogen-bond donors (Lipinski definition) is 2. The predicted molar refractivity (Wildman–Crippen MR) is 111 cm³/mol. The number of rotatable bonds is 6. The number of carbonyl (C=O) groups is 1. The molecule has 1 saturated heterocycles. The minimum Gasteiger partial charge on any atom is -0.379 e. The summed E-state index contributed by atoms with van der Waals surface area (Å²) >= 11 is 0. The number of benzene rings is 1. The Kier molecular flexibility index (Phi) is 6.48. The zero-order valence-electron chi connectivity index (χ0n) is 16.7. The Hall–Kier alpha value is -3.07. The molecule has 1 aromatic heterocycles. The van der Waals surface area contributed by atoms with Crippen LogP contribution in [0.25, 0.3) is 11.3 Å². The highest BCUT2D eigenvalue weighted by atomic mass is 16.5.